The van der Waals surface area contributed by atoms with Crippen molar-refractivity contribution in [1.29, 1.82) is 0 Å². The lowest BCUT2D eigenvalue weighted by molar-refractivity contribution is 0.427. The Labute approximate surface area is 140 Å². The largest absolute Gasteiger partial charge is 0.356 e. The number of aryl methyl sites for hydroxylation is 1. The van der Waals surface area contributed by atoms with Crippen molar-refractivity contribution in [3.05, 3.63) is 62.8 Å². The molecule has 0 aliphatic heterocycles. The van der Waals surface area contributed by atoms with Crippen LogP contribution in [0, 0.1) is 6.92 Å². The SMILES string of the molecule is Cc1cc(-c2c(-c3cccs3)c3cc(Cl)ccc3[nH]c2=O)on1. The first-order chi connectivity index (χ1) is 11.1. The monoisotopic (exact) mass is 342 g/mol. The molecule has 0 atom stereocenters. The van der Waals surface area contributed by atoms with E-state index in [9.17, 15) is 4.79 Å². The Morgan fingerprint density at radius 1 is 1.22 bits per heavy atom. The number of halogens is 1. The Morgan fingerprint density at radius 3 is 2.78 bits per heavy atom. The Bertz CT molecular complexity index is 1060. The van der Waals surface area contributed by atoms with Crippen molar-refractivity contribution in [3.8, 4) is 21.8 Å². The van der Waals surface area contributed by atoms with Crippen LogP contribution < -0.4 is 5.56 Å². The van der Waals surface area contributed by atoms with Gasteiger partial charge in [0.1, 0.15) is 0 Å². The summed E-state index contributed by atoms with van der Waals surface area (Å²) in [6.45, 7) is 1.82. The van der Waals surface area contributed by atoms with E-state index in [1.54, 1.807) is 23.5 Å². The first-order valence-electron chi connectivity index (χ1n) is 6.96. The van der Waals surface area contributed by atoms with Crippen LogP contribution in [0.2, 0.25) is 5.02 Å². The van der Waals surface area contributed by atoms with Crippen LogP contribution in [-0.4, -0.2) is 10.1 Å². The van der Waals surface area contributed by atoms with Crippen LogP contribution >= 0.6 is 22.9 Å². The molecule has 0 unspecified atom stereocenters. The molecule has 0 aliphatic rings. The molecule has 4 aromatic rings. The third-order valence-corrected chi connectivity index (χ3v) is 4.74. The number of thiophene rings is 1. The fourth-order valence-corrected chi connectivity index (χ4v) is 3.62. The molecule has 0 spiro atoms. The van der Waals surface area contributed by atoms with Gasteiger partial charge in [0, 0.05) is 32.4 Å². The minimum atomic E-state index is -0.209. The third-order valence-electron chi connectivity index (χ3n) is 3.62. The van der Waals surface area contributed by atoms with Crippen LogP contribution in [0.3, 0.4) is 0 Å². The molecule has 0 radical (unpaired) electrons. The maximum Gasteiger partial charge on any atom is 0.260 e. The van der Waals surface area contributed by atoms with E-state index in [-0.39, 0.29) is 5.56 Å². The van der Waals surface area contributed by atoms with E-state index in [0.29, 0.717) is 16.3 Å². The zero-order valence-corrected chi connectivity index (χ0v) is 13.7. The summed E-state index contributed by atoms with van der Waals surface area (Å²) >= 11 is 7.73. The molecular formula is C17H11ClN2O2S. The van der Waals surface area contributed by atoms with Crippen molar-refractivity contribution in [1.82, 2.24) is 10.1 Å². The second-order valence-corrected chi connectivity index (χ2v) is 6.59. The maximum atomic E-state index is 12.7. The molecule has 0 aliphatic carbocycles. The fourth-order valence-electron chi connectivity index (χ4n) is 2.66. The summed E-state index contributed by atoms with van der Waals surface area (Å²) in [5, 5.41) is 7.37. The second-order valence-electron chi connectivity index (χ2n) is 5.20. The molecule has 3 aromatic heterocycles. The molecule has 4 rings (SSSR count). The van der Waals surface area contributed by atoms with Crippen LogP contribution in [0.5, 0.6) is 0 Å². The number of aromatic amines is 1. The molecule has 0 saturated carbocycles. The molecule has 0 amide bonds. The standard InChI is InChI=1S/C17H11ClN2O2S/c1-9-7-13(22-20-9)16-15(14-3-2-6-23-14)11-8-10(18)4-5-12(11)19-17(16)21/h2-8H,1H3,(H,19,21). The van der Waals surface area contributed by atoms with Gasteiger partial charge < -0.3 is 9.51 Å². The molecule has 4 nitrogen and oxygen atoms in total. The molecule has 6 heteroatoms. The van der Waals surface area contributed by atoms with Crippen molar-refractivity contribution in [2.24, 2.45) is 0 Å². The summed E-state index contributed by atoms with van der Waals surface area (Å²) in [7, 11) is 0. The Kier molecular flexibility index (Phi) is 3.32. The predicted molar refractivity (Wildman–Crippen MR) is 93.1 cm³/mol. The number of fused-ring (bicyclic) bond motifs is 1. The molecule has 0 bridgehead atoms. The van der Waals surface area contributed by atoms with Gasteiger partial charge in [0.15, 0.2) is 5.76 Å². The van der Waals surface area contributed by atoms with Gasteiger partial charge in [-0.15, -0.1) is 11.3 Å². The number of nitrogens with zero attached hydrogens (tertiary/aromatic N) is 1. The molecule has 114 valence electrons. The van der Waals surface area contributed by atoms with Crippen molar-refractivity contribution in [2.75, 3.05) is 0 Å². The zero-order valence-electron chi connectivity index (χ0n) is 12.1. The van der Waals surface area contributed by atoms with Gasteiger partial charge in [0.25, 0.3) is 5.56 Å². The van der Waals surface area contributed by atoms with Gasteiger partial charge in [-0.3, -0.25) is 4.79 Å². The topological polar surface area (TPSA) is 58.9 Å². The number of rotatable bonds is 2. The van der Waals surface area contributed by atoms with Gasteiger partial charge in [-0.2, -0.15) is 0 Å². The van der Waals surface area contributed by atoms with E-state index in [2.05, 4.69) is 10.1 Å². The number of H-pyrrole nitrogens is 1. The van der Waals surface area contributed by atoms with Crippen molar-refractivity contribution >= 4 is 33.8 Å². The van der Waals surface area contributed by atoms with Crippen LogP contribution in [0.4, 0.5) is 0 Å². The highest BCUT2D eigenvalue weighted by molar-refractivity contribution is 7.13. The predicted octanol–water partition coefficient (Wildman–Crippen LogP) is 4.87. The van der Waals surface area contributed by atoms with Crippen LogP contribution in [0.25, 0.3) is 32.7 Å². The Morgan fingerprint density at radius 2 is 2.09 bits per heavy atom. The van der Waals surface area contributed by atoms with Crippen LogP contribution in [0.1, 0.15) is 5.69 Å². The quantitative estimate of drug-likeness (QED) is 0.565. The summed E-state index contributed by atoms with van der Waals surface area (Å²) in [4.78, 5) is 16.5. The fraction of sp³-hybridized carbons (Fsp3) is 0.0588. The van der Waals surface area contributed by atoms with Crippen molar-refractivity contribution in [3.63, 3.8) is 0 Å². The molecule has 0 fully saturated rings. The molecule has 3 heterocycles. The average Bonchev–Trinajstić information content (AvgIpc) is 3.18. The highest BCUT2D eigenvalue weighted by Gasteiger charge is 2.20. The molecule has 23 heavy (non-hydrogen) atoms. The van der Waals surface area contributed by atoms with E-state index < -0.39 is 0 Å². The van der Waals surface area contributed by atoms with E-state index in [1.165, 1.54) is 0 Å². The average molecular weight is 343 g/mol. The number of pyridine rings is 1. The third kappa shape index (κ3) is 2.38. The van der Waals surface area contributed by atoms with E-state index in [1.807, 2.05) is 36.6 Å². The second kappa shape index (κ2) is 5.37. The highest BCUT2D eigenvalue weighted by Crippen LogP contribution is 2.38. The lowest BCUT2D eigenvalue weighted by atomic mass is 10.00. The van der Waals surface area contributed by atoms with Crippen LogP contribution in [-0.2, 0) is 0 Å². The summed E-state index contributed by atoms with van der Waals surface area (Å²) in [5.74, 6) is 0.453. The number of benzene rings is 1. The van der Waals surface area contributed by atoms with Gasteiger partial charge in [0.05, 0.1) is 11.3 Å². The molecule has 0 saturated heterocycles. The maximum absolute atomic E-state index is 12.7. The Hall–Kier alpha value is -2.37. The number of hydrogen-bond donors (Lipinski definition) is 1. The van der Waals surface area contributed by atoms with Gasteiger partial charge >= 0.3 is 0 Å². The van der Waals surface area contributed by atoms with E-state index in [0.717, 1.165) is 27.0 Å². The normalized spacial score (nSPS) is 11.2. The minimum absolute atomic E-state index is 0.209. The van der Waals surface area contributed by atoms with Gasteiger partial charge in [0.2, 0.25) is 0 Å². The Balaban J connectivity index is 2.19. The number of nitrogens with one attached hydrogen (secondary N) is 1. The summed E-state index contributed by atoms with van der Waals surface area (Å²) in [5.41, 5.74) is 2.55. The number of hydrogen-bond acceptors (Lipinski definition) is 4. The van der Waals surface area contributed by atoms with Crippen molar-refractivity contribution in [2.45, 2.75) is 6.92 Å². The van der Waals surface area contributed by atoms with Crippen LogP contribution in [0.15, 0.2) is 51.1 Å². The van der Waals surface area contributed by atoms with E-state index in [4.69, 9.17) is 16.1 Å². The van der Waals surface area contributed by atoms with Gasteiger partial charge in [-0.1, -0.05) is 22.8 Å². The van der Waals surface area contributed by atoms with E-state index >= 15 is 0 Å². The minimum Gasteiger partial charge on any atom is -0.356 e. The summed E-state index contributed by atoms with van der Waals surface area (Å²) in [6, 6.07) is 11.1. The number of aromatic nitrogens is 2. The lowest BCUT2D eigenvalue weighted by Gasteiger charge is -2.09. The summed E-state index contributed by atoms with van der Waals surface area (Å²) < 4.78 is 5.35. The van der Waals surface area contributed by atoms with Gasteiger partial charge in [-0.25, -0.2) is 0 Å². The molecular weight excluding hydrogens is 332 g/mol. The first kappa shape index (κ1) is 14.2. The zero-order chi connectivity index (χ0) is 16.0. The highest BCUT2D eigenvalue weighted by atomic mass is 35.5. The molecule has 1 N–H and O–H groups in total. The summed E-state index contributed by atoms with van der Waals surface area (Å²) in [6.07, 6.45) is 0. The molecule has 1 aromatic carbocycles. The first-order valence-corrected chi connectivity index (χ1v) is 8.22. The van der Waals surface area contributed by atoms with Gasteiger partial charge in [-0.05, 0) is 36.6 Å². The van der Waals surface area contributed by atoms with Crippen molar-refractivity contribution < 1.29 is 4.52 Å². The lowest BCUT2D eigenvalue weighted by Crippen LogP contribution is -2.10. The smallest absolute Gasteiger partial charge is 0.260 e.